The number of nitro groups is 1. The van der Waals surface area contributed by atoms with E-state index in [-0.39, 0.29) is 28.3 Å². The molecule has 0 aliphatic heterocycles. The molecule has 10 nitrogen and oxygen atoms in total. The first kappa shape index (κ1) is 16.8. The lowest BCUT2D eigenvalue weighted by Gasteiger charge is -2.19. The summed E-state index contributed by atoms with van der Waals surface area (Å²) in [6.45, 7) is 0. The Balaban J connectivity index is 2.23. The van der Waals surface area contributed by atoms with E-state index in [2.05, 4.69) is 15.0 Å². The van der Waals surface area contributed by atoms with Crippen LogP contribution in [-0.2, 0) is 4.74 Å². The van der Waals surface area contributed by atoms with Crippen LogP contribution < -0.4 is 0 Å². The molecule has 1 heterocycles. The largest absolute Gasteiger partial charge is 0.492 e. The predicted molar refractivity (Wildman–Crippen MR) is 88.2 cm³/mol. The molecular formula is C16H9N5O5. The third kappa shape index (κ3) is 2.56. The fraction of sp³-hybridized carbons (Fsp3) is 0.0625. The molecule has 2 aromatic rings. The zero-order valence-electron chi connectivity index (χ0n) is 13.2. The molecular weight excluding hydrogens is 342 g/mol. The van der Waals surface area contributed by atoms with Gasteiger partial charge in [-0.2, -0.15) is 0 Å². The third-order valence-electron chi connectivity index (χ3n) is 3.76. The van der Waals surface area contributed by atoms with Crippen LogP contribution in [-0.4, -0.2) is 28.6 Å². The Bertz CT molecular complexity index is 1040. The topological polar surface area (TPSA) is 148 Å². The second kappa shape index (κ2) is 6.46. The average Bonchev–Trinajstić information content (AvgIpc) is 2.66. The molecule has 0 amide bonds. The summed E-state index contributed by atoms with van der Waals surface area (Å²) in [7, 11) is 1.19. The molecule has 0 N–H and O–H groups in total. The summed E-state index contributed by atoms with van der Waals surface area (Å²) in [5, 5.41) is 14.1. The molecule has 1 aromatic heterocycles. The van der Waals surface area contributed by atoms with Gasteiger partial charge in [0.05, 0.1) is 23.3 Å². The van der Waals surface area contributed by atoms with E-state index in [9.17, 15) is 19.7 Å². The molecule has 26 heavy (non-hydrogen) atoms. The molecule has 0 atom stereocenters. The van der Waals surface area contributed by atoms with Crippen LogP contribution in [0.5, 0.6) is 0 Å². The number of methoxy groups -OCH3 is 1. The monoisotopic (exact) mass is 351 g/mol. The van der Waals surface area contributed by atoms with Gasteiger partial charge in [-0.25, -0.2) is 0 Å². The van der Waals surface area contributed by atoms with Crippen molar-refractivity contribution in [1.29, 1.82) is 0 Å². The predicted octanol–water partition coefficient (Wildman–Crippen LogP) is 3.20. The van der Waals surface area contributed by atoms with Crippen molar-refractivity contribution in [3.63, 3.8) is 0 Å². The Labute approximate surface area is 145 Å². The maximum absolute atomic E-state index is 12.8. The van der Waals surface area contributed by atoms with Crippen LogP contribution in [0.1, 0.15) is 20.7 Å². The molecule has 1 aliphatic carbocycles. The number of nitrogens with zero attached hydrogens (tertiary/aromatic N) is 5. The van der Waals surface area contributed by atoms with Gasteiger partial charge in [0.1, 0.15) is 5.70 Å². The zero-order valence-corrected chi connectivity index (χ0v) is 13.2. The number of allylic oxidation sites excluding steroid dienone is 2. The molecule has 0 radical (unpaired) electrons. The van der Waals surface area contributed by atoms with E-state index >= 15 is 0 Å². The van der Waals surface area contributed by atoms with Crippen LogP contribution in [0.15, 0.2) is 53.1 Å². The number of pyridine rings is 1. The molecule has 10 heteroatoms. The molecule has 1 aliphatic rings. The van der Waals surface area contributed by atoms with Gasteiger partial charge in [-0.05, 0) is 23.7 Å². The van der Waals surface area contributed by atoms with Crippen molar-refractivity contribution in [3.05, 3.63) is 79.7 Å². The highest BCUT2D eigenvalue weighted by molar-refractivity contribution is 6.27. The fourth-order valence-corrected chi connectivity index (χ4v) is 2.62. The van der Waals surface area contributed by atoms with Gasteiger partial charge in [-0.1, -0.05) is 5.11 Å². The van der Waals surface area contributed by atoms with E-state index in [0.29, 0.717) is 5.56 Å². The highest BCUT2D eigenvalue weighted by Gasteiger charge is 2.35. The molecule has 0 saturated carbocycles. The molecule has 1 aromatic carbocycles. The second-order valence-electron chi connectivity index (χ2n) is 5.12. The number of non-ortho nitro benzene ring substituents is 1. The summed E-state index contributed by atoms with van der Waals surface area (Å²) in [5.74, 6) is -1.67. The summed E-state index contributed by atoms with van der Waals surface area (Å²) in [6, 6.07) is 6.71. The minimum atomic E-state index is -0.712. The maximum Gasteiger partial charge on any atom is 0.269 e. The highest BCUT2D eigenvalue weighted by atomic mass is 16.6. The number of fused-ring (bicyclic) bond motifs is 1. The lowest BCUT2D eigenvalue weighted by Crippen LogP contribution is -2.23. The number of azide groups is 1. The van der Waals surface area contributed by atoms with Crippen molar-refractivity contribution in [1.82, 2.24) is 4.98 Å². The van der Waals surface area contributed by atoms with Crippen LogP contribution in [0.25, 0.3) is 21.7 Å². The number of hydrogen-bond donors (Lipinski definition) is 0. The van der Waals surface area contributed by atoms with Gasteiger partial charge in [-0.15, -0.1) is 0 Å². The number of ketones is 2. The number of carbonyl (C=O) groups is 2. The highest BCUT2D eigenvalue weighted by Crippen LogP contribution is 2.33. The Morgan fingerprint density at radius 1 is 1.19 bits per heavy atom. The summed E-state index contributed by atoms with van der Waals surface area (Å²) in [4.78, 5) is 42.3. The molecule has 0 bridgehead atoms. The number of nitro benzene ring substituents is 1. The SMILES string of the molecule is COC1=C(N=[N+]=[N-])C(=O)c2c(ccnc2-c2ccc([N+](=O)[O-])cc2)C1=O. The van der Waals surface area contributed by atoms with Gasteiger partial charge >= 0.3 is 0 Å². The van der Waals surface area contributed by atoms with Crippen LogP contribution in [0, 0.1) is 10.1 Å². The number of rotatable bonds is 4. The van der Waals surface area contributed by atoms with Crippen molar-refractivity contribution >= 4 is 17.3 Å². The Hall–Kier alpha value is -4.04. The minimum Gasteiger partial charge on any atom is -0.492 e. The zero-order chi connectivity index (χ0) is 18.8. The van der Waals surface area contributed by atoms with E-state index in [1.807, 2.05) is 0 Å². The lowest BCUT2D eigenvalue weighted by molar-refractivity contribution is -0.384. The summed E-state index contributed by atoms with van der Waals surface area (Å²) >= 11 is 0. The van der Waals surface area contributed by atoms with Crippen molar-refractivity contribution in [2.45, 2.75) is 0 Å². The van der Waals surface area contributed by atoms with Crippen LogP contribution in [0.3, 0.4) is 0 Å². The smallest absolute Gasteiger partial charge is 0.269 e. The van der Waals surface area contributed by atoms with E-state index in [4.69, 9.17) is 10.3 Å². The van der Waals surface area contributed by atoms with E-state index in [0.717, 1.165) is 0 Å². The number of aromatic nitrogens is 1. The first-order valence-electron chi connectivity index (χ1n) is 7.16. The van der Waals surface area contributed by atoms with E-state index < -0.39 is 22.2 Å². The van der Waals surface area contributed by atoms with Crippen molar-refractivity contribution < 1.29 is 19.2 Å². The van der Waals surface area contributed by atoms with Gasteiger partial charge in [0.25, 0.3) is 5.69 Å². The number of hydrogen-bond acceptors (Lipinski definition) is 7. The second-order valence-corrected chi connectivity index (χ2v) is 5.12. The molecule has 0 saturated heterocycles. The molecule has 3 rings (SSSR count). The summed E-state index contributed by atoms with van der Waals surface area (Å²) in [5.41, 5.74) is 8.64. The van der Waals surface area contributed by atoms with E-state index in [1.54, 1.807) is 0 Å². The average molecular weight is 351 g/mol. The fourth-order valence-electron chi connectivity index (χ4n) is 2.62. The number of benzene rings is 1. The molecule has 0 spiro atoms. The Kier molecular flexibility index (Phi) is 4.17. The van der Waals surface area contributed by atoms with Crippen LogP contribution in [0.2, 0.25) is 0 Å². The maximum atomic E-state index is 12.8. The Morgan fingerprint density at radius 2 is 1.88 bits per heavy atom. The van der Waals surface area contributed by atoms with Gasteiger partial charge in [-0.3, -0.25) is 24.7 Å². The number of Topliss-reactive ketones (excluding diaryl/α,β-unsaturated/α-hetero) is 2. The minimum absolute atomic E-state index is 0.0467. The van der Waals surface area contributed by atoms with Crippen molar-refractivity contribution in [2.75, 3.05) is 7.11 Å². The first-order chi connectivity index (χ1) is 12.5. The van der Waals surface area contributed by atoms with Gasteiger partial charge < -0.3 is 4.74 Å². The van der Waals surface area contributed by atoms with Gasteiger partial charge in [0.15, 0.2) is 5.76 Å². The van der Waals surface area contributed by atoms with Crippen LogP contribution >= 0.6 is 0 Å². The molecule has 0 unspecified atom stereocenters. The normalized spacial score (nSPS) is 13.1. The third-order valence-corrected chi connectivity index (χ3v) is 3.76. The van der Waals surface area contributed by atoms with Gasteiger partial charge in [0.2, 0.25) is 11.6 Å². The molecule has 128 valence electrons. The lowest BCUT2D eigenvalue weighted by atomic mass is 9.88. The quantitative estimate of drug-likeness (QED) is 0.271. The van der Waals surface area contributed by atoms with E-state index in [1.165, 1.54) is 43.6 Å². The standard InChI is InChI=1S/C16H9N5O5/c1-26-16-13(19-20-17)15(23)11-10(14(16)22)6-7-18-12(11)8-2-4-9(5-3-8)21(24)25/h2-7H,1H3. The molecule has 0 fully saturated rings. The number of carbonyl (C=O) groups excluding carboxylic acids is 2. The van der Waals surface area contributed by atoms with Crippen LogP contribution in [0.4, 0.5) is 5.69 Å². The summed E-state index contributed by atoms with van der Waals surface area (Å²) in [6.07, 6.45) is 1.34. The van der Waals surface area contributed by atoms with Crippen molar-refractivity contribution in [3.8, 4) is 11.3 Å². The summed E-state index contributed by atoms with van der Waals surface area (Å²) < 4.78 is 4.93. The Morgan fingerprint density at radius 3 is 2.46 bits per heavy atom. The van der Waals surface area contributed by atoms with Crippen molar-refractivity contribution in [2.24, 2.45) is 5.11 Å². The number of ether oxygens (including phenoxy) is 1. The first-order valence-corrected chi connectivity index (χ1v) is 7.16. The van der Waals surface area contributed by atoms with Gasteiger partial charge in [0, 0.05) is 34.4 Å².